The highest BCUT2D eigenvalue weighted by atomic mass is 31.2. The molecule has 0 bridgehead atoms. The molecule has 0 aliphatic heterocycles. The molecule has 0 amide bonds. The molecule has 19 heteroatoms. The number of aliphatic hydroxyl groups is 1. The van der Waals surface area contributed by atoms with Gasteiger partial charge in [-0.2, -0.15) is 0 Å². The van der Waals surface area contributed by atoms with E-state index in [1.807, 2.05) is 0 Å². The van der Waals surface area contributed by atoms with Crippen molar-refractivity contribution < 1.29 is 80.2 Å². The number of esters is 4. The van der Waals surface area contributed by atoms with Crippen LogP contribution in [-0.4, -0.2) is 96.7 Å². The smallest absolute Gasteiger partial charge is 0.462 e. The normalized spacial score (nSPS) is 14.4. The predicted molar refractivity (Wildman–Crippen MR) is 390 cm³/mol. The Hall–Kier alpha value is -3.50. The van der Waals surface area contributed by atoms with Gasteiger partial charge in [-0.3, -0.25) is 37.3 Å². The van der Waals surface area contributed by atoms with E-state index in [4.69, 9.17) is 37.0 Å². The predicted octanol–water partition coefficient (Wildman–Crippen LogP) is 21.7. The topological polar surface area (TPSA) is 237 Å². The van der Waals surface area contributed by atoms with E-state index in [1.54, 1.807) is 0 Å². The third-order valence-corrected chi connectivity index (χ3v) is 18.1. The summed E-state index contributed by atoms with van der Waals surface area (Å²) in [6.07, 6.45) is 69.0. The minimum atomic E-state index is -4.97. The molecule has 0 aliphatic carbocycles. The Labute approximate surface area is 583 Å². The molecule has 5 atom stereocenters. The number of ether oxygens (including phenoxy) is 4. The van der Waals surface area contributed by atoms with Crippen molar-refractivity contribution >= 4 is 39.5 Å². The molecule has 0 radical (unpaired) electrons. The van der Waals surface area contributed by atoms with Crippen LogP contribution in [0.15, 0.2) is 72.9 Å². The summed E-state index contributed by atoms with van der Waals surface area (Å²) in [7, 11) is -9.94. The molecule has 96 heavy (non-hydrogen) atoms. The minimum Gasteiger partial charge on any atom is -0.462 e. The maximum atomic E-state index is 13.1. The maximum Gasteiger partial charge on any atom is 0.472 e. The number of hydrogen-bond donors (Lipinski definition) is 3. The number of unbranched alkanes of at least 4 members (excludes halogenated alkanes) is 34. The summed E-state index contributed by atoms with van der Waals surface area (Å²) in [6.45, 7) is 4.71. The van der Waals surface area contributed by atoms with Gasteiger partial charge in [0.25, 0.3) is 0 Å². The quantitative estimate of drug-likeness (QED) is 0.0169. The number of allylic oxidation sites excluding steroid dienone is 12. The van der Waals surface area contributed by atoms with Crippen molar-refractivity contribution in [1.82, 2.24) is 0 Å². The summed E-state index contributed by atoms with van der Waals surface area (Å²) in [5, 5.41) is 10.6. The van der Waals surface area contributed by atoms with Crippen LogP contribution in [-0.2, 0) is 65.4 Å². The van der Waals surface area contributed by atoms with E-state index in [9.17, 15) is 43.2 Å². The number of carbonyl (C=O) groups excluding carboxylic acids is 4. The van der Waals surface area contributed by atoms with Crippen LogP contribution in [0.1, 0.15) is 336 Å². The molecular formula is C77H138O17P2. The molecule has 5 unspecified atom stereocenters. The molecule has 558 valence electrons. The van der Waals surface area contributed by atoms with Gasteiger partial charge in [0.05, 0.1) is 26.4 Å². The second-order valence-corrected chi connectivity index (χ2v) is 28.5. The highest BCUT2D eigenvalue weighted by Crippen LogP contribution is 2.45. The molecule has 0 saturated heterocycles. The molecule has 0 heterocycles. The second-order valence-electron chi connectivity index (χ2n) is 25.6. The van der Waals surface area contributed by atoms with Crippen LogP contribution >= 0.6 is 15.6 Å². The number of carbonyl (C=O) groups is 4. The number of hydrogen-bond acceptors (Lipinski definition) is 15. The van der Waals surface area contributed by atoms with Crippen LogP contribution in [0.5, 0.6) is 0 Å². The molecule has 0 spiro atoms. The molecule has 0 saturated carbocycles. The summed E-state index contributed by atoms with van der Waals surface area (Å²) in [5.41, 5.74) is 0. The fourth-order valence-corrected chi connectivity index (χ4v) is 11.9. The van der Waals surface area contributed by atoms with Gasteiger partial charge >= 0.3 is 39.5 Å². The summed E-state index contributed by atoms with van der Waals surface area (Å²) in [5.74, 6) is -2.19. The van der Waals surface area contributed by atoms with Crippen molar-refractivity contribution in [2.45, 2.75) is 354 Å². The Bertz CT molecular complexity index is 2110. The first-order chi connectivity index (χ1) is 46.7. The van der Waals surface area contributed by atoms with Gasteiger partial charge in [-0.15, -0.1) is 0 Å². The lowest BCUT2D eigenvalue weighted by atomic mass is 10.0. The molecule has 0 rings (SSSR count). The SMILES string of the molecule is CC/C=C\C/C=C\C/C=C\C/C=C\C/C=C\CCCCCC(=O)OCC(COP(=O)(O)OCC(O)COP(=O)(O)OCC(COC(=O)CCCCCCCCCCCCCCC)OC(=O)CCCCCCC/C=C\CCCC)OC(=O)CCCCCCCCCCCCCCC. The van der Waals surface area contributed by atoms with Crippen LogP contribution in [0.25, 0.3) is 0 Å². The second kappa shape index (κ2) is 70.0. The van der Waals surface area contributed by atoms with Gasteiger partial charge in [-0.25, -0.2) is 9.13 Å². The number of rotatable bonds is 72. The van der Waals surface area contributed by atoms with Gasteiger partial charge < -0.3 is 33.8 Å². The first kappa shape index (κ1) is 92.5. The Morgan fingerprint density at radius 1 is 0.302 bits per heavy atom. The minimum absolute atomic E-state index is 0.0886. The van der Waals surface area contributed by atoms with Crippen molar-refractivity contribution in [1.29, 1.82) is 0 Å². The zero-order chi connectivity index (χ0) is 70.4. The number of phosphoric ester groups is 2. The van der Waals surface area contributed by atoms with Crippen molar-refractivity contribution in [2.24, 2.45) is 0 Å². The Morgan fingerprint density at radius 2 is 0.552 bits per heavy atom. The highest BCUT2D eigenvalue weighted by molar-refractivity contribution is 7.47. The van der Waals surface area contributed by atoms with E-state index < -0.39 is 97.5 Å². The molecule has 17 nitrogen and oxygen atoms in total. The summed E-state index contributed by atoms with van der Waals surface area (Å²) in [4.78, 5) is 72.7. The maximum absolute atomic E-state index is 13.1. The Balaban J connectivity index is 5.31. The molecule has 3 N–H and O–H groups in total. The zero-order valence-electron chi connectivity index (χ0n) is 60.8. The fourth-order valence-electron chi connectivity index (χ4n) is 10.3. The molecule has 0 aromatic rings. The van der Waals surface area contributed by atoms with Crippen LogP contribution in [0.3, 0.4) is 0 Å². The molecule has 0 aliphatic rings. The fraction of sp³-hybridized carbons (Fsp3) is 0.792. The van der Waals surface area contributed by atoms with Gasteiger partial charge in [-0.1, -0.05) is 293 Å². The molecular weight excluding hydrogens is 1260 g/mol. The summed E-state index contributed by atoms with van der Waals surface area (Å²) >= 11 is 0. The van der Waals surface area contributed by atoms with Gasteiger partial charge in [0.15, 0.2) is 12.2 Å². The van der Waals surface area contributed by atoms with E-state index in [0.29, 0.717) is 25.7 Å². The first-order valence-electron chi connectivity index (χ1n) is 38.2. The van der Waals surface area contributed by atoms with E-state index in [2.05, 4.69) is 101 Å². The van der Waals surface area contributed by atoms with E-state index in [0.717, 1.165) is 135 Å². The highest BCUT2D eigenvalue weighted by Gasteiger charge is 2.30. The monoisotopic (exact) mass is 1400 g/mol. The van der Waals surface area contributed by atoms with Crippen LogP contribution in [0, 0.1) is 0 Å². The van der Waals surface area contributed by atoms with Crippen molar-refractivity contribution in [3.8, 4) is 0 Å². The zero-order valence-corrected chi connectivity index (χ0v) is 62.6. The lowest BCUT2D eigenvalue weighted by Gasteiger charge is -2.21. The lowest BCUT2D eigenvalue weighted by Crippen LogP contribution is -2.30. The van der Waals surface area contributed by atoms with Gasteiger partial charge in [0.2, 0.25) is 0 Å². The third-order valence-electron chi connectivity index (χ3n) is 16.2. The van der Waals surface area contributed by atoms with Gasteiger partial charge in [-0.05, 0) is 89.9 Å². The Kier molecular flexibility index (Phi) is 67.4. The largest absolute Gasteiger partial charge is 0.472 e. The van der Waals surface area contributed by atoms with E-state index in [-0.39, 0.29) is 25.7 Å². The summed E-state index contributed by atoms with van der Waals surface area (Å²) < 4.78 is 68.4. The van der Waals surface area contributed by atoms with Crippen molar-refractivity contribution in [3.05, 3.63) is 72.9 Å². The van der Waals surface area contributed by atoms with Crippen molar-refractivity contribution in [3.63, 3.8) is 0 Å². The van der Waals surface area contributed by atoms with Crippen LogP contribution < -0.4 is 0 Å². The number of aliphatic hydroxyl groups excluding tert-OH is 1. The Morgan fingerprint density at radius 3 is 0.885 bits per heavy atom. The number of phosphoric acid groups is 2. The molecule has 0 fully saturated rings. The summed E-state index contributed by atoms with van der Waals surface area (Å²) in [6, 6.07) is 0. The average molecular weight is 1400 g/mol. The lowest BCUT2D eigenvalue weighted by molar-refractivity contribution is -0.161. The first-order valence-corrected chi connectivity index (χ1v) is 41.2. The van der Waals surface area contributed by atoms with Crippen LogP contribution in [0.4, 0.5) is 0 Å². The van der Waals surface area contributed by atoms with Gasteiger partial charge in [0.1, 0.15) is 19.3 Å². The molecule has 0 aromatic heterocycles. The molecule has 0 aromatic carbocycles. The van der Waals surface area contributed by atoms with E-state index >= 15 is 0 Å². The van der Waals surface area contributed by atoms with E-state index in [1.165, 1.54) is 122 Å². The third kappa shape index (κ3) is 69.0. The van der Waals surface area contributed by atoms with Gasteiger partial charge in [0, 0.05) is 25.7 Å². The average Bonchev–Trinajstić information content (AvgIpc) is 1.17. The van der Waals surface area contributed by atoms with Crippen LogP contribution in [0.2, 0.25) is 0 Å². The standard InChI is InChI=1S/C77H138O17P2/c1-5-9-13-17-21-25-29-32-33-34-35-36-37-40-43-46-50-54-58-62-75(80)88-68-73(94-77(82)64-60-56-52-48-44-39-31-27-23-19-15-11-7-3)70-92-96(85,86)90-66-71(78)65-89-95(83,84)91-69-72(93-76(81)63-59-55-51-47-41-28-24-20-16-12-8-4)67-87-74(79)61-57-53-49-45-42-38-30-26-22-18-14-10-6-2/h9,13,20-21,24-25,32-33,35-36,40,43,71-73,78H,5-8,10-12,14-19,22-23,26-31,34,37-39,41-42,44-70H2,1-4H3,(H,83,84)(H,85,86)/b13-9-,24-20-,25-21-,33-32-,36-35-,43-40-. The van der Waals surface area contributed by atoms with Crippen molar-refractivity contribution in [2.75, 3.05) is 39.6 Å².